The summed E-state index contributed by atoms with van der Waals surface area (Å²) in [6.07, 6.45) is 0. The molecular formula is C13H15BrN2O4. The summed E-state index contributed by atoms with van der Waals surface area (Å²) in [6.45, 7) is 0.925. The van der Waals surface area contributed by atoms with Crippen molar-refractivity contribution in [2.24, 2.45) is 0 Å². The van der Waals surface area contributed by atoms with Crippen LogP contribution < -0.4 is 10.1 Å². The number of nitrogens with zero attached hydrogens (tertiary/aromatic N) is 1. The largest absolute Gasteiger partial charge is 0.492 e. The summed E-state index contributed by atoms with van der Waals surface area (Å²) in [6, 6.07) is 6.70. The molecule has 2 rings (SSSR count). The Morgan fingerprint density at radius 3 is 3.05 bits per heavy atom. The summed E-state index contributed by atoms with van der Waals surface area (Å²) in [5.41, 5.74) is 0. The lowest BCUT2D eigenvalue weighted by molar-refractivity contribution is -0.146. The number of ether oxygens (including phenoxy) is 1. The first-order valence-corrected chi connectivity index (χ1v) is 6.97. The fourth-order valence-corrected chi connectivity index (χ4v) is 2.38. The molecule has 0 saturated carbocycles. The normalized spacial score (nSPS) is 19.4. The van der Waals surface area contributed by atoms with E-state index < -0.39 is 12.0 Å². The Bertz CT molecular complexity index is 509. The summed E-state index contributed by atoms with van der Waals surface area (Å²) in [4.78, 5) is 24.0. The van der Waals surface area contributed by atoms with Crippen molar-refractivity contribution in [3.8, 4) is 5.75 Å². The van der Waals surface area contributed by atoms with Crippen molar-refractivity contribution in [1.29, 1.82) is 0 Å². The number of piperazine rings is 1. The predicted molar refractivity (Wildman–Crippen MR) is 75.6 cm³/mol. The lowest BCUT2D eigenvalue weighted by atomic mass is 10.2. The standard InChI is InChI=1S/C13H15BrN2O4/c14-9-2-1-3-10(6-9)20-5-4-16-8-12(17)15-7-11(16)13(18)19/h1-3,6,11H,4-5,7-8H2,(H,15,17)(H,18,19). The van der Waals surface area contributed by atoms with Gasteiger partial charge in [0.2, 0.25) is 5.91 Å². The van der Waals surface area contributed by atoms with E-state index in [4.69, 9.17) is 9.84 Å². The van der Waals surface area contributed by atoms with E-state index >= 15 is 0 Å². The van der Waals surface area contributed by atoms with Gasteiger partial charge < -0.3 is 15.2 Å². The summed E-state index contributed by atoms with van der Waals surface area (Å²) < 4.78 is 6.47. The first kappa shape index (κ1) is 14.8. The minimum absolute atomic E-state index is 0.0822. The van der Waals surface area contributed by atoms with E-state index in [1.165, 1.54) is 0 Å². The first-order valence-electron chi connectivity index (χ1n) is 6.18. The number of rotatable bonds is 5. The fraction of sp³-hybridized carbons (Fsp3) is 0.385. The number of nitrogens with one attached hydrogen (secondary N) is 1. The molecule has 1 heterocycles. The average molecular weight is 343 g/mol. The summed E-state index contributed by atoms with van der Waals surface area (Å²) in [5.74, 6) is -0.398. The van der Waals surface area contributed by atoms with Gasteiger partial charge in [0.25, 0.3) is 0 Å². The topological polar surface area (TPSA) is 78.9 Å². The average Bonchev–Trinajstić information content (AvgIpc) is 2.38. The molecule has 0 spiro atoms. The van der Waals surface area contributed by atoms with Crippen molar-refractivity contribution >= 4 is 27.8 Å². The highest BCUT2D eigenvalue weighted by Gasteiger charge is 2.31. The number of carboxylic acid groups (broad SMARTS) is 1. The van der Waals surface area contributed by atoms with Gasteiger partial charge in [-0.25, -0.2) is 0 Å². The van der Waals surface area contributed by atoms with Crippen LogP contribution in [-0.2, 0) is 9.59 Å². The summed E-state index contributed by atoms with van der Waals surface area (Å²) in [7, 11) is 0. The van der Waals surface area contributed by atoms with Crippen molar-refractivity contribution in [2.75, 3.05) is 26.2 Å². The van der Waals surface area contributed by atoms with Crippen LogP contribution >= 0.6 is 15.9 Å². The maximum Gasteiger partial charge on any atom is 0.322 e. The van der Waals surface area contributed by atoms with Crippen LogP contribution in [0.1, 0.15) is 0 Å². The molecule has 20 heavy (non-hydrogen) atoms. The third kappa shape index (κ3) is 3.94. The molecule has 2 N–H and O–H groups in total. The molecule has 1 aromatic rings. The molecular weight excluding hydrogens is 328 g/mol. The van der Waals surface area contributed by atoms with Crippen LogP contribution in [0, 0.1) is 0 Å². The molecule has 1 aliphatic heterocycles. The molecule has 6 nitrogen and oxygen atoms in total. The fourth-order valence-electron chi connectivity index (χ4n) is 2.01. The first-order chi connectivity index (χ1) is 9.56. The lowest BCUT2D eigenvalue weighted by Gasteiger charge is -2.32. The van der Waals surface area contributed by atoms with Crippen molar-refractivity contribution < 1.29 is 19.4 Å². The Morgan fingerprint density at radius 2 is 2.35 bits per heavy atom. The Morgan fingerprint density at radius 1 is 1.55 bits per heavy atom. The van der Waals surface area contributed by atoms with E-state index in [0.717, 1.165) is 4.47 Å². The SMILES string of the molecule is O=C1CN(CCOc2cccc(Br)c2)C(C(=O)O)CN1. The molecule has 108 valence electrons. The Hall–Kier alpha value is -1.60. The second kappa shape index (κ2) is 6.71. The van der Waals surface area contributed by atoms with Gasteiger partial charge in [-0.1, -0.05) is 22.0 Å². The molecule has 0 bridgehead atoms. The van der Waals surface area contributed by atoms with Crippen LogP contribution in [0.2, 0.25) is 0 Å². The molecule has 0 aromatic heterocycles. The summed E-state index contributed by atoms with van der Waals surface area (Å²) in [5, 5.41) is 11.7. The molecule has 0 radical (unpaired) electrons. The monoisotopic (exact) mass is 342 g/mol. The zero-order valence-electron chi connectivity index (χ0n) is 10.7. The van der Waals surface area contributed by atoms with Gasteiger partial charge in [0, 0.05) is 17.6 Å². The van der Waals surface area contributed by atoms with Gasteiger partial charge in [-0.05, 0) is 18.2 Å². The van der Waals surface area contributed by atoms with E-state index in [2.05, 4.69) is 21.2 Å². The Labute approximate surface area is 124 Å². The van der Waals surface area contributed by atoms with Crippen LogP contribution in [0.15, 0.2) is 28.7 Å². The molecule has 7 heteroatoms. The smallest absolute Gasteiger partial charge is 0.322 e. The van der Waals surface area contributed by atoms with Gasteiger partial charge in [0.15, 0.2) is 0 Å². The molecule has 1 atom stereocenters. The maximum absolute atomic E-state index is 11.3. The maximum atomic E-state index is 11.3. The van der Waals surface area contributed by atoms with Crippen molar-refractivity contribution in [3.63, 3.8) is 0 Å². The van der Waals surface area contributed by atoms with Crippen LogP contribution in [0.5, 0.6) is 5.75 Å². The zero-order chi connectivity index (χ0) is 14.5. The highest BCUT2D eigenvalue weighted by Crippen LogP contribution is 2.17. The minimum Gasteiger partial charge on any atom is -0.492 e. The number of hydrogen-bond acceptors (Lipinski definition) is 4. The predicted octanol–water partition coefficient (Wildman–Crippen LogP) is 0.713. The quantitative estimate of drug-likeness (QED) is 0.824. The second-order valence-corrected chi connectivity index (χ2v) is 5.35. The number of halogens is 1. The third-order valence-electron chi connectivity index (χ3n) is 3.01. The highest BCUT2D eigenvalue weighted by atomic mass is 79.9. The molecule has 0 aliphatic carbocycles. The van der Waals surface area contributed by atoms with Gasteiger partial charge in [-0.2, -0.15) is 0 Å². The number of amides is 1. The molecule has 1 aromatic carbocycles. The molecule has 1 saturated heterocycles. The number of carbonyl (C=O) groups is 2. The summed E-state index contributed by atoms with van der Waals surface area (Å²) >= 11 is 3.35. The van der Waals surface area contributed by atoms with Crippen LogP contribution in [0.3, 0.4) is 0 Å². The van der Waals surface area contributed by atoms with E-state index in [9.17, 15) is 9.59 Å². The number of carboxylic acids is 1. The number of benzene rings is 1. The highest BCUT2D eigenvalue weighted by molar-refractivity contribution is 9.10. The van der Waals surface area contributed by atoms with Gasteiger partial charge in [0.05, 0.1) is 6.54 Å². The molecule has 1 fully saturated rings. The number of hydrogen-bond donors (Lipinski definition) is 2. The Kier molecular flexibility index (Phi) is 4.97. The van der Waals surface area contributed by atoms with Crippen LogP contribution in [0.4, 0.5) is 0 Å². The lowest BCUT2D eigenvalue weighted by Crippen LogP contribution is -2.58. The molecule has 1 amide bonds. The second-order valence-electron chi connectivity index (χ2n) is 4.43. The van der Waals surface area contributed by atoms with E-state index in [-0.39, 0.29) is 19.0 Å². The molecule has 1 aliphatic rings. The van der Waals surface area contributed by atoms with Crippen LogP contribution in [0.25, 0.3) is 0 Å². The van der Waals surface area contributed by atoms with Gasteiger partial charge in [0.1, 0.15) is 18.4 Å². The number of carbonyl (C=O) groups excluding carboxylic acids is 1. The van der Waals surface area contributed by atoms with Gasteiger partial charge in [-0.3, -0.25) is 14.5 Å². The van der Waals surface area contributed by atoms with Crippen LogP contribution in [-0.4, -0.2) is 54.2 Å². The van der Waals surface area contributed by atoms with Crippen molar-refractivity contribution in [2.45, 2.75) is 6.04 Å². The zero-order valence-corrected chi connectivity index (χ0v) is 12.3. The number of aliphatic carboxylic acids is 1. The van der Waals surface area contributed by atoms with Crippen molar-refractivity contribution in [1.82, 2.24) is 10.2 Å². The third-order valence-corrected chi connectivity index (χ3v) is 3.50. The molecule has 1 unspecified atom stereocenters. The Balaban J connectivity index is 1.88. The minimum atomic E-state index is -0.938. The van der Waals surface area contributed by atoms with E-state index in [1.54, 1.807) is 4.90 Å². The van der Waals surface area contributed by atoms with Gasteiger partial charge in [-0.15, -0.1) is 0 Å². The van der Waals surface area contributed by atoms with Gasteiger partial charge >= 0.3 is 5.97 Å². The van der Waals surface area contributed by atoms with E-state index in [1.807, 2.05) is 24.3 Å². The van der Waals surface area contributed by atoms with E-state index in [0.29, 0.717) is 18.9 Å². The van der Waals surface area contributed by atoms with Crippen molar-refractivity contribution in [3.05, 3.63) is 28.7 Å².